The molecule has 126 valence electrons. The number of hydrogen-bond donors (Lipinski definition) is 1. The van der Waals surface area contributed by atoms with Crippen molar-refractivity contribution in [3.8, 4) is 5.75 Å². The monoisotopic (exact) mass is 344 g/mol. The van der Waals surface area contributed by atoms with E-state index in [2.05, 4.69) is 29.4 Å². The first-order chi connectivity index (χ1) is 11.5. The molecule has 1 aromatic carbocycles. The molecule has 7 heteroatoms. The molecule has 6 nitrogen and oxygen atoms in total. The number of benzene rings is 1. The first-order valence-corrected chi connectivity index (χ1v) is 8.62. The SMILES string of the molecule is Cc1nnc2sc(C(=O)Nc3ccc(OCC(C)C)cc3)c(C)n12. The Morgan fingerprint density at radius 2 is 1.96 bits per heavy atom. The van der Waals surface area contributed by atoms with Crippen LogP contribution in [0, 0.1) is 19.8 Å². The number of fused-ring (bicyclic) bond motifs is 1. The van der Waals surface area contributed by atoms with Gasteiger partial charge in [-0.15, -0.1) is 10.2 Å². The van der Waals surface area contributed by atoms with E-state index in [0.29, 0.717) is 17.4 Å². The molecular weight excluding hydrogens is 324 g/mol. The minimum atomic E-state index is -0.141. The van der Waals surface area contributed by atoms with Crippen LogP contribution in [0.4, 0.5) is 5.69 Å². The molecule has 0 unspecified atom stereocenters. The van der Waals surface area contributed by atoms with E-state index in [0.717, 1.165) is 27.9 Å². The van der Waals surface area contributed by atoms with Crippen LogP contribution in [0.25, 0.3) is 4.96 Å². The van der Waals surface area contributed by atoms with Gasteiger partial charge in [0.25, 0.3) is 5.91 Å². The number of nitrogens with zero attached hydrogens (tertiary/aromatic N) is 3. The summed E-state index contributed by atoms with van der Waals surface area (Å²) in [5, 5.41) is 11.0. The van der Waals surface area contributed by atoms with E-state index in [1.165, 1.54) is 11.3 Å². The second kappa shape index (κ2) is 6.60. The van der Waals surface area contributed by atoms with Crippen molar-refractivity contribution in [1.82, 2.24) is 14.6 Å². The molecule has 0 aliphatic heterocycles. The fraction of sp³-hybridized carbons (Fsp3) is 0.353. The number of thiazole rings is 1. The second-order valence-corrected chi connectivity index (χ2v) is 7.04. The molecule has 1 amide bonds. The average Bonchev–Trinajstić information content (AvgIpc) is 3.07. The quantitative estimate of drug-likeness (QED) is 0.766. The third-order valence-electron chi connectivity index (χ3n) is 3.55. The van der Waals surface area contributed by atoms with Crippen LogP contribution in [-0.2, 0) is 0 Å². The van der Waals surface area contributed by atoms with Crippen molar-refractivity contribution >= 4 is 27.9 Å². The van der Waals surface area contributed by atoms with Crippen LogP contribution < -0.4 is 10.1 Å². The molecular formula is C17H20N4O2S. The van der Waals surface area contributed by atoms with Crippen LogP contribution in [-0.4, -0.2) is 27.1 Å². The molecule has 3 aromatic rings. The molecule has 0 atom stereocenters. The van der Waals surface area contributed by atoms with E-state index < -0.39 is 0 Å². The lowest BCUT2D eigenvalue weighted by molar-refractivity contribution is 0.102. The van der Waals surface area contributed by atoms with Gasteiger partial charge in [0.05, 0.1) is 6.61 Å². The number of aryl methyl sites for hydroxylation is 2. The Morgan fingerprint density at radius 1 is 1.25 bits per heavy atom. The molecule has 0 aliphatic rings. The first-order valence-electron chi connectivity index (χ1n) is 7.81. The largest absolute Gasteiger partial charge is 0.493 e. The molecule has 3 rings (SSSR count). The number of ether oxygens (including phenoxy) is 1. The van der Waals surface area contributed by atoms with Gasteiger partial charge in [-0.05, 0) is 44.0 Å². The van der Waals surface area contributed by atoms with E-state index >= 15 is 0 Å². The van der Waals surface area contributed by atoms with Gasteiger partial charge in [0.1, 0.15) is 16.5 Å². The van der Waals surface area contributed by atoms with Crippen LogP contribution in [0.15, 0.2) is 24.3 Å². The van der Waals surface area contributed by atoms with Crippen LogP contribution in [0.5, 0.6) is 5.75 Å². The van der Waals surface area contributed by atoms with Gasteiger partial charge in [0, 0.05) is 11.4 Å². The molecule has 0 aliphatic carbocycles. The van der Waals surface area contributed by atoms with Crippen LogP contribution in [0.1, 0.15) is 35.0 Å². The Bertz CT molecular complexity index is 865. The number of amides is 1. The van der Waals surface area contributed by atoms with Crippen molar-refractivity contribution in [2.24, 2.45) is 5.92 Å². The van der Waals surface area contributed by atoms with Gasteiger partial charge in [-0.25, -0.2) is 0 Å². The number of carbonyl (C=O) groups excluding carboxylic acids is 1. The van der Waals surface area contributed by atoms with Gasteiger partial charge in [0.15, 0.2) is 0 Å². The topological polar surface area (TPSA) is 68.5 Å². The maximum Gasteiger partial charge on any atom is 0.267 e. The van der Waals surface area contributed by atoms with Gasteiger partial charge in [-0.3, -0.25) is 9.20 Å². The van der Waals surface area contributed by atoms with Crippen LogP contribution in [0.3, 0.4) is 0 Å². The Balaban J connectivity index is 1.73. The number of aromatic nitrogens is 3. The summed E-state index contributed by atoms with van der Waals surface area (Å²) in [4.78, 5) is 13.9. The van der Waals surface area contributed by atoms with Gasteiger partial charge in [-0.1, -0.05) is 25.2 Å². The normalized spacial score (nSPS) is 11.2. The number of anilines is 1. The minimum Gasteiger partial charge on any atom is -0.493 e. The van der Waals surface area contributed by atoms with Crippen molar-refractivity contribution in [1.29, 1.82) is 0 Å². The molecule has 0 saturated carbocycles. The Hall–Kier alpha value is -2.41. The van der Waals surface area contributed by atoms with E-state index in [4.69, 9.17) is 4.74 Å². The predicted octanol–water partition coefficient (Wildman–Crippen LogP) is 3.69. The highest BCUT2D eigenvalue weighted by Crippen LogP contribution is 2.24. The van der Waals surface area contributed by atoms with Gasteiger partial charge in [0.2, 0.25) is 4.96 Å². The number of hydrogen-bond acceptors (Lipinski definition) is 5. The molecule has 0 bridgehead atoms. The fourth-order valence-corrected chi connectivity index (χ4v) is 3.37. The van der Waals surface area contributed by atoms with Crippen LogP contribution >= 0.6 is 11.3 Å². The zero-order valence-electron chi connectivity index (χ0n) is 14.2. The maximum absolute atomic E-state index is 12.5. The zero-order chi connectivity index (χ0) is 17.3. The van der Waals surface area contributed by atoms with Gasteiger partial charge < -0.3 is 10.1 Å². The summed E-state index contributed by atoms with van der Waals surface area (Å²) in [5.74, 6) is 1.92. The average molecular weight is 344 g/mol. The summed E-state index contributed by atoms with van der Waals surface area (Å²) in [7, 11) is 0. The lowest BCUT2D eigenvalue weighted by Gasteiger charge is -2.09. The molecule has 0 spiro atoms. The molecule has 2 heterocycles. The standard InChI is InChI=1S/C17H20N4O2S/c1-10(2)9-23-14-7-5-13(6-8-14)18-16(22)15-11(3)21-12(4)19-20-17(21)24-15/h5-8,10H,9H2,1-4H3,(H,18,22). The third-order valence-corrected chi connectivity index (χ3v) is 4.69. The Morgan fingerprint density at radius 3 is 2.58 bits per heavy atom. The summed E-state index contributed by atoms with van der Waals surface area (Å²) >= 11 is 1.34. The third kappa shape index (κ3) is 3.26. The van der Waals surface area contributed by atoms with E-state index in [9.17, 15) is 4.79 Å². The van der Waals surface area contributed by atoms with Crippen molar-refractivity contribution in [2.75, 3.05) is 11.9 Å². The summed E-state index contributed by atoms with van der Waals surface area (Å²) in [5.41, 5.74) is 1.59. The highest BCUT2D eigenvalue weighted by atomic mass is 32.1. The lowest BCUT2D eigenvalue weighted by atomic mass is 10.2. The summed E-state index contributed by atoms with van der Waals surface area (Å²) in [6.45, 7) is 8.65. The van der Waals surface area contributed by atoms with Crippen LogP contribution in [0.2, 0.25) is 0 Å². The van der Waals surface area contributed by atoms with Crippen molar-refractivity contribution in [3.05, 3.63) is 40.7 Å². The molecule has 0 fully saturated rings. The molecule has 0 saturated heterocycles. The Labute approximate surface area is 144 Å². The summed E-state index contributed by atoms with van der Waals surface area (Å²) in [6, 6.07) is 7.41. The number of rotatable bonds is 5. The van der Waals surface area contributed by atoms with E-state index in [1.54, 1.807) is 0 Å². The molecule has 2 aromatic heterocycles. The van der Waals surface area contributed by atoms with E-state index in [-0.39, 0.29) is 5.91 Å². The van der Waals surface area contributed by atoms with Crippen molar-refractivity contribution in [3.63, 3.8) is 0 Å². The number of carbonyl (C=O) groups is 1. The number of nitrogens with one attached hydrogen (secondary N) is 1. The minimum absolute atomic E-state index is 0.141. The van der Waals surface area contributed by atoms with Gasteiger partial charge >= 0.3 is 0 Å². The summed E-state index contributed by atoms with van der Waals surface area (Å²) in [6.07, 6.45) is 0. The van der Waals surface area contributed by atoms with Gasteiger partial charge in [-0.2, -0.15) is 0 Å². The second-order valence-electron chi connectivity index (χ2n) is 6.07. The lowest BCUT2D eigenvalue weighted by Crippen LogP contribution is -2.12. The maximum atomic E-state index is 12.5. The zero-order valence-corrected chi connectivity index (χ0v) is 15.0. The highest BCUT2D eigenvalue weighted by Gasteiger charge is 2.18. The van der Waals surface area contributed by atoms with Crippen molar-refractivity contribution in [2.45, 2.75) is 27.7 Å². The van der Waals surface area contributed by atoms with E-state index in [1.807, 2.05) is 42.5 Å². The van der Waals surface area contributed by atoms with Crippen molar-refractivity contribution < 1.29 is 9.53 Å². The molecule has 0 radical (unpaired) electrons. The predicted molar refractivity (Wildman–Crippen MR) is 95.1 cm³/mol. The molecule has 24 heavy (non-hydrogen) atoms. The summed E-state index contributed by atoms with van der Waals surface area (Å²) < 4.78 is 7.54. The smallest absolute Gasteiger partial charge is 0.267 e. The first kappa shape index (κ1) is 16.4. The molecule has 1 N–H and O–H groups in total. The highest BCUT2D eigenvalue weighted by molar-refractivity contribution is 7.19. The fourth-order valence-electron chi connectivity index (χ4n) is 2.36. The Kier molecular flexibility index (Phi) is 4.53.